The van der Waals surface area contributed by atoms with Crippen molar-refractivity contribution in [2.45, 2.75) is 45.8 Å². The zero-order valence-electron chi connectivity index (χ0n) is 13.7. The fourth-order valence-corrected chi connectivity index (χ4v) is 2.95. The van der Waals surface area contributed by atoms with Crippen molar-refractivity contribution in [3.8, 4) is 0 Å². The Morgan fingerprint density at radius 2 is 2.23 bits per heavy atom. The molecule has 2 aromatic heterocycles. The third kappa shape index (κ3) is 3.65. The SMILES string of the molecule is CC(c1cccs1)N(C)C(=O)NCc1ncnn1C(C)(C)C. The van der Waals surface area contributed by atoms with E-state index in [1.54, 1.807) is 23.3 Å². The number of carbonyl (C=O) groups excluding carboxylic acids is 1. The van der Waals surface area contributed by atoms with Crippen molar-refractivity contribution in [2.24, 2.45) is 0 Å². The predicted molar refractivity (Wildman–Crippen MR) is 87.8 cm³/mol. The van der Waals surface area contributed by atoms with Crippen LogP contribution in [0.1, 0.15) is 44.4 Å². The van der Waals surface area contributed by atoms with Gasteiger partial charge in [-0.2, -0.15) is 5.10 Å². The van der Waals surface area contributed by atoms with Crippen LogP contribution in [-0.4, -0.2) is 32.7 Å². The molecule has 0 aliphatic carbocycles. The molecule has 120 valence electrons. The van der Waals surface area contributed by atoms with Gasteiger partial charge in [-0.3, -0.25) is 0 Å². The van der Waals surface area contributed by atoms with Gasteiger partial charge in [0.2, 0.25) is 0 Å². The minimum Gasteiger partial charge on any atom is -0.331 e. The average molecular weight is 321 g/mol. The summed E-state index contributed by atoms with van der Waals surface area (Å²) in [5.41, 5.74) is -0.160. The van der Waals surface area contributed by atoms with Gasteiger partial charge >= 0.3 is 6.03 Å². The van der Waals surface area contributed by atoms with E-state index in [-0.39, 0.29) is 17.6 Å². The number of hydrogen-bond donors (Lipinski definition) is 1. The molecule has 2 rings (SSSR count). The quantitative estimate of drug-likeness (QED) is 0.941. The number of amides is 2. The summed E-state index contributed by atoms with van der Waals surface area (Å²) in [6.07, 6.45) is 1.52. The lowest BCUT2D eigenvalue weighted by atomic mass is 10.1. The summed E-state index contributed by atoms with van der Waals surface area (Å²) >= 11 is 1.65. The molecule has 6 nitrogen and oxygen atoms in total. The van der Waals surface area contributed by atoms with Crippen molar-refractivity contribution in [1.82, 2.24) is 25.0 Å². The Kier molecular flexibility index (Phi) is 4.85. The lowest BCUT2D eigenvalue weighted by molar-refractivity contribution is 0.194. The van der Waals surface area contributed by atoms with Gasteiger partial charge in [-0.15, -0.1) is 11.3 Å². The molecular weight excluding hydrogens is 298 g/mol. The summed E-state index contributed by atoms with van der Waals surface area (Å²) in [7, 11) is 1.80. The zero-order valence-corrected chi connectivity index (χ0v) is 14.5. The van der Waals surface area contributed by atoms with Crippen LogP contribution in [-0.2, 0) is 12.1 Å². The molecule has 0 saturated carbocycles. The summed E-state index contributed by atoms with van der Waals surface area (Å²) < 4.78 is 1.83. The largest absolute Gasteiger partial charge is 0.331 e. The van der Waals surface area contributed by atoms with E-state index in [0.29, 0.717) is 6.54 Å². The van der Waals surface area contributed by atoms with Crippen LogP contribution >= 0.6 is 11.3 Å². The average Bonchev–Trinajstić information content (AvgIpc) is 3.12. The standard InChI is InChI=1S/C15H23N5OS/c1-11(12-7-6-8-22-12)19(5)14(21)16-9-13-17-10-18-20(13)15(2,3)4/h6-8,10-11H,9H2,1-5H3,(H,16,21). The van der Waals surface area contributed by atoms with Gasteiger partial charge in [0.05, 0.1) is 18.1 Å². The summed E-state index contributed by atoms with van der Waals surface area (Å²) in [4.78, 5) is 19.4. The van der Waals surface area contributed by atoms with Gasteiger partial charge in [0.15, 0.2) is 0 Å². The number of thiophene rings is 1. The Morgan fingerprint density at radius 3 is 2.82 bits per heavy atom. The van der Waals surface area contributed by atoms with Crippen LogP contribution < -0.4 is 5.32 Å². The van der Waals surface area contributed by atoms with Gasteiger partial charge in [0.25, 0.3) is 0 Å². The monoisotopic (exact) mass is 321 g/mol. The lowest BCUT2D eigenvalue weighted by Gasteiger charge is -2.25. The molecule has 2 amide bonds. The third-order valence-electron chi connectivity index (χ3n) is 3.51. The number of urea groups is 1. The van der Waals surface area contributed by atoms with Crippen LogP contribution in [0.25, 0.3) is 0 Å². The van der Waals surface area contributed by atoms with Gasteiger partial charge in [-0.1, -0.05) is 6.07 Å². The molecule has 0 aliphatic heterocycles. The highest BCUT2D eigenvalue weighted by atomic mass is 32.1. The van der Waals surface area contributed by atoms with Crippen LogP contribution in [0.4, 0.5) is 4.79 Å². The highest BCUT2D eigenvalue weighted by Crippen LogP contribution is 2.23. The topological polar surface area (TPSA) is 63.1 Å². The molecule has 0 radical (unpaired) electrons. The van der Waals surface area contributed by atoms with Gasteiger partial charge in [-0.25, -0.2) is 14.5 Å². The molecule has 1 unspecified atom stereocenters. The van der Waals surface area contributed by atoms with Gasteiger partial charge in [-0.05, 0) is 39.1 Å². The van der Waals surface area contributed by atoms with Gasteiger partial charge in [0.1, 0.15) is 12.2 Å². The maximum absolute atomic E-state index is 12.3. The Hall–Kier alpha value is -1.89. The van der Waals surface area contributed by atoms with Crippen molar-refractivity contribution < 1.29 is 4.79 Å². The number of hydrogen-bond acceptors (Lipinski definition) is 4. The van der Waals surface area contributed by atoms with Crippen molar-refractivity contribution in [3.63, 3.8) is 0 Å². The van der Waals surface area contributed by atoms with Gasteiger partial charge < -0.3 is 10.2 Å². The summed E-state index contributed by atoms with van der Waals surface area (Å²) in [6, 6.07) is 3.95. The predicted octanol–water partition coefficient (Wildman–Crippen LogP) is 3.00. The Labute approximate surface area is 135 Å². The fraction of sp³-hybridized carbons (Fsp3) is 0.533. The van der Waals surface area contributed by atoms with Crippen LogP contribution in [0.15, 0.2) is 23.8 Å². The van der Waals surface area contributed by atoms with Crippen LogP contribution in [0.2, 0.25) is 0 Å². The number of nitrogens with one attached hydrogen (secondary N) is 1. The first-order chi connectivity index (χ1) is 10.3. The zero-order chi connectivity index (χ0) is 16.3. The van der Waals surface area contributed by atoms with Crippen molar-refractivity contribution in [3.05, 3.63) is 34.5 Å². The second-order valence-electron chi connectivity index (χ2n) is 6.22. The molecule has 0 fully saturated rings. The Morgan fingerprint density at radius 1 is 1.50 bits per heavy atom. The Balaban J connectivity index is 1.97. The van der Waals surface area contributed by atoms with E-state index in [4.69, 9.17) is 0 Å². The van der Waals surface area contributed by atoms with Crippen LogP contribution in [0.3, 0.4) is 0 Å². The minimum atomic E-state index is -0.160. The second-order valence-corrected chi connectivity index (χ2v) is 7.20. The second kappa shape index (κ2) is 6.48. The molecule has 0 bridgehead atoms. The third-order valence-corrected chi connectivity index (χ3v) is 4.55. The molecule has 0 saturated heterocycles. The number of nitrogens with zero attached hydrogens (tertiary/aromatic N) is 4. The van der Waals surface area contributed by atoms with E-state index in [1.807, 2.05) is 29.1 Å². The molecule has 1 atom stereocenters. The number of aromatic nitrogens is 3. The molecule has 2 aromatic rings. The highest BCUT2D eigenvalue weighted by molar-refractivity contribution is 7.10. The molecule has 0 aliphatic rings. The molecule has 0 spiro atoms. The van der Waals surface area contributed by atoms with Crippen molar-refractivity contribution >= 4 is 17.4 Å². The van der Waals surface area contributed by atoms with Gasteiger partial charge in [0, 0.05) is 11.9 Å². The van der Waals surface area contributed by atoms with E-state index in [1.165, 1.54) is 6.33 Å². The molecule has 2 heterocycles. The van der Waals surface area contributed by atoms with Crippen molar-refractivity contribution in [1.29, 1.82) is 0 Å². The molecule has 0 aromatic carbocycles. The summed E-state index contributed by atoms with van der Waals surface area (Å²) in [5.74, 6) is 0.748. The van der Waals surface area contributed by atoms with Crippen molar-refractivity contribution in [2.75, 3.05) is 7.05 Å². The Bertz CT molecular complexity index is 614. The van der Waals surface area contributed by atoms with Crippen LogP contribution in [0.5, 0.6) is 0 Å². The lowest BCUT2D eigenvalue weighted by Crippen LogP contribution is -2.39. The minimum absolute atomic E-state index is 0.0421. The van der Waals surface area contributed by atoms with E-state index < -0.39 is 0 Å². The number of carbonyl (C=O) groups is 1. The summed E-state index contributed by atoms with van der Waals surface area (Å²) in [6.45, 7) is 8.54. The van der Waals surface area contributed by atoms with E-state index >= 15 is 0 Å². The van der Waals surface area contributed by atoms with E-state index in [0.717, 1.165) is 10.7 Å². The maximum Gasteiger partial charge on any atom is 0.318 e. The van der Waals surface area contributed by atoms with E-state index in [2.05, 4.69) is 36.2 Å². The molecular formula is C15H23N5OS. The fourth-order valence-electron chi connectivity index (χ4n) is 2.12. The first-order valence-corrected chi connectivity index (χ1v) is 8.12. The molecule has 22 heavy (non-hydrogen) atoms. The molecule has 1 N–H and O–H groups in total. The first kappa shape index (κ1) is 16.5. The summed E-state index contributed by atoms with van der Waals surface area (Å²) in [5, 5.41) is 9.15. The van der Waals surface area contributed by atoms with E-state index in [9.17, 15) is 4.79 Å². The van der Waals surface area contributed by atoms with Crippen LogP contribution in [0, 0.1) is 0 Å². The maximum atomic E-state index is 12.3. The smallest absolute Gasteiger partial charge is 0.318 e. The number of rotatable bonds is 4. The molecule has 7 heteroatoms. The normalized spacial score (nSPS) is 13.0. The highest BCUT2D eigenvalue weighted by Gasteiger charge is 2.21. The first-order valence-electron chi connectivity index (χ1n) is 7.24.